The van der Waals surface area contributed by atoms with Crippen LogP contribution in [0, 0.1) is 11.3 Å². The van der Waals surface area contributed by atoms with E-state index in [4.69, 9.17) is 5.41 Å². The van der Waals surface area contributed by atoms with E-state index in [0.717, 1.165) is 18.9 Å². The van der Waals surface area contributed by atoms with Crippen molar-refractivity contribution in [1.29, 1.82) is 5.41 Å². The van der Waals surface area contributed by atoms with Gasteiger partial charge in [-0.15, -0.1) is 0 Å². The van der Waals surface area contributed by atoms with Gasteiger partial charge in [0.1, 0.15) is 0 Å². The molecule has 0 atom stereocenters. The zero-order chi connectivity index (χ0) is 12.1. The zero-order valence-electron chi connectivity index (χ0n) is 10.7. The van der Waals surface area contributed by atoms with Crippen molar-refractivity contribution in [1.82, 2.24) is 4.90 Å². The van der Waals surface area contributed by atoms with Crippen LogP contribution in [-0.2, 0) is 6.54 Å². The first-order valence-corrected chi connectivity index (χ1v) is 6.68. The summed E-state index contributed by atoms with van der Waals surface area (Å²) < 4.78 is 0. The molecule has 1 saturated carbocycles. The molecule has 0 radical (unpaired) electrons. The van der Waals surface area contributed by atoms with E-state index in [2.05, 4.69) is 36.1 Å². The quantitative estimate of drug-likeness (QED) is 0.620. The van der Waals surface area contributed by atoms with Crippen molar-refractivity contribution < 1.29 is 0 Å². The summed E-state index contributed by atoms with van der Waals surface area (Å²) >= 11 is 0. The van der Waals surface area contributed by atoms with E-state index in [0.29, 0.717) is 5.92 Å². The van der Waals surface area contributed by atoms with Crippen LogP contribution in [0.4, 0.5) is 0 Å². The highest BCUT2D eigenvalue weighted by molar-refractivity contribution is 5.81. The van der Waals surface area contributed by atoms with E-state index in [9.17, 15) is 0 Å². The molecule has 0 saturated heterocycles. The average molecular weight is 230 g/mol. The van der Waals surface area contributed by atoms with E-state index < -0.39 is 0 Å². The van der Waals surface area contributed by atoms with Crippen molar-refractivity contribution in [2.45, 2.75) is 39.2 Å². The predicted molar refractivity (Wildman–Crippen MR) is 72.2 cm³/mol. The molecule has 2 heteroatoms. The maximum Gasteiger partial charge on any atom is 0.0992 e. The van der Waals surface area contributed by atoms with Crippen molar-refractivity contribution in [3.8, 4) is 0 Å². The maximum atomic E-state index is 8.32. The molecular formula is C15H22N2. The number of amidine groups is 1. The molecule has 0 bridgehead atoms. The van der Waals surface area contributed by atoms with Gasteiger partial charge < -0.3 is 4.90 Å². The number of hydrogen-bond donors (Lipinski definition) is 1. The zero-order valence-corrected chi connectivity index (χ0v) is 10.7. The van der Waals surface area contributed by atoms with E-state index in [-0.39, 0.29) is 0 Å². The summed E-state index contributed by atoms with van der Waals surface area (Å²) in [5.74, 6) is 1.37. The van der Waals surface area contributed by atoms with Crippen LogP contribution in [-0.4, -0.2) is 17.3 Å². The minimum atomic E-state index is 0.513. The molecule has 1 aromatic carbocycles. The first kappa shape index (κ1) is 12.2. The Labute approximate surface area is 104 Å². The standard InChI is InChI=1S/C15H22N2/c1-2-17(12-13-8-4-3-5-9-13)15(16)14-10-6-7-11-14/h3-5,8-9,14,16H,2,6-7,10-12H2,1H3. The van der Waals surface area contributed by atoms with Gasteiger partial charge in [-0.3, -0.25) is 5.41 Å². The molecule has 0 unspecified atom stereocenters. The van der Waals surface area contributed by atoms with Crippen LogP contribution in [0.5, 0.6) is 0 Å². The first-order chi connectivity index (χ1) is 8.31. The summed E-state index contributed by atoms with van der Waals surface area (Å²) in [6, 6.07) is 10.5. The highest BCUT2D eigenvalue weighted by Crippen LogP contribution is 2.27. The van der Waals surface area contributed by atoms with E-state index in [1.54, 1.807) is 0 Å². The van der Waals surface area contributed by atoms with Crippen molar-refractivity contribution in [2.24, 2.45) is 5.92 Å². The average Bonchev–Trinajstić information content (AvgIpc) is 2.90. The maximum absolute atomic E-state index is 8.32. The molecule has 92 valence electrons. The van der Waals surface area contributed by atoms with Gasteiger partial charge in [-0.05, 0) is 25.3 Å². The van der Waals surface area contributed by atoms with Gasteiger partial charge >= 0.3 is 0 Å². The van der Waals surface area contributed by atoms with Crippen molar-refractivity contribution in [2.75, 3.05) is 6.54 Å². The second kappa shape index (κ2) is 5.85. The van der Waals surface area contributed by atoms with Gasteiger partial charge in [0.25, 0.3) is 0 Å². The molecule has 0 amide bonds. The van der Waals surface area contributed by atoms with Gasteiger partial charge in [0, 0.05) is 19.0 Å². The summed E-state index contributed by atoms with van der Waals surface area (Å²) in [6.07, 6.45) is 5.03. The van der Waals surface area contributed by atoms with Crippen molar-refractivity contribution in [3.63, 3.8) is 0 Å². The Morgan fingerprint density at radius 1 is 1.24 bits per heavy atom. The minimum Gasteiger partial charge on any atom is -0.356 e. The second-order valence-electron chi connectivity index (χ2n) is 4.87. The fourth-order valence-corrected chi connectivity index (χ4v) is 2.63. The van der Waals surface area contributed by atoms with Gasteiger partial charge in [-0.2, -0.15) is 0 Å². The lowest BCUT2D eigenvalue weighted by Gasteiger charge is -2.27. The summed E-state index contributed by atoms with van der Waals surface area (Å²) in [4.78, 5) is 2.21. The van der Waals surface area contributed by atoms with Crippen LogP contribution in [0.2, 0.25) is 0 Å². The molecule has 17 heavy (non-hydrogen) atoms. The Hall–Kier alpha value is -1.31. The molecular weight excluding hydrogens is 208 g/mol. The number of nitrogens with zero attached hydrogens (tertiary/aromatic N) is 1. The molecule has 2 nitrogen and oxygen atoms in total. The Bertz CT molecular complexity index is 352. The third kappa shape index (κ3) is 3.09. The number of benzene rings is 1. The second-order valence-corrected chi connectivity index (χ2v) is 4.87. The van der Waals surface area contributed by atoms with E-state index in [1.165, 1.54) is 31.2 Å². The van der Waals surface area contributed by atoms with Crippen LogP contribution in [0.15, 0.2) is 30.3 Å². The summed E-state index contributed by atoms with van der Waals surface area (Å²) in [7, 11) is 0. The SMILES string of the molecule is CCN(Cc1ccccc1)C(=N)C1CCCC1. The van der Waals surface area contributed by atoms with Crippen molar-refractivity contribution >= 4 is 5.84 Å². The summed E-state index contributed by atoms with van der Waals surface area (Å²) in [6.45, 7) is 3.96. The summed E-state index contributed by atoms with van der Waals surface area (Å²) in [5.41, 5.74) is 1.30. The first-order valence-electron chi connectivity index (χ1n) is 6.68. The lowest BCUT2D eigenvalue weighted by atomic mass is 10.1. The fraction of sp³-hybridized carbons (Fsp3) is 0.533. The predicted octanol–water partition coefficient (Wildman–Crippen LogP) is 3.68. The van der Waals surface area contributed by atoms with Gasteiger partial charge in [0.15, 0.2) is 0 Å². The molecule has 2 rings (SSSR count). The van der Waals surface area contributed by atoms with Crippen LogP contribution in [0.1, 0.15) is 38.2 Å². The monoisotopic (exact) mass is 230 g/mol. The fourth-order valence-electron chi connectivity index (χ4n) is 2.63. The number of nitrogens with one attached hydrogen (secondary N) is 1. The summed E-state index contributed by atoms with van der Waals surface area (Å²) in [5, 5.41) is 8.32. The van der Waals surface area contributed by atoms with Gasteiger partial charge in [0.2, 0.25) is 0 Å². The molecule has 1 aliphatic carbocycles. The lowest BCUT2D eigenvalue weighted by Crippen LogP contribution is -2.34. The van der Waals surface area contributed by atoms with Crippen molar-refractivity contribution in [3.05, 3.63) is 35.9 Å². The smallest absolute Gasteiger partial charge is 0.0992 e. The van der Waals surface area contributed by atoms with Crippen LogP contribution >= 0.6 is 0 Å². The normalized spacial score (nSPS) is 16.1. The molecule has 1 N–H and O–H groups in total. The Morgan fingerprint density at radius 3 is 2.47 bits per heavy atom. The molecule has 1 fully saturated rings. The van der Waals surface area contributed by atoms with Gasteiger partial charge in [0.05, 0.1) is 5.84 Å². The lowest BCUT2D eigenvalue weighted by molar-refractivity contribution is 0.402. The molecule has 0 spiro atoms. The van der Waals surface area contributed by atoms with Gasteiger partial charge in [-0.1, -0.05) is 43.2 Å². The molecule has 1 aromatic rings. The molecule has 1 aliphatic rings. The van der Waals surface area contributed by atoms with Crippen LogP contribution in [0.25, 0.3) is 0 Å². The highest BCUT2D eigenvalue weighted by Gasteiger charge is 2.23. The number of rotatable bonds is 4. The third-order valence-electron chi connectivity index (χ3n) is 3.68. The van der Waals surface area contributed by atoms with E-state index >= 15 is 0 Å². The molecule has 0 aromatic heterocycles. The Morgan fingerprint density at radius 2 is 1.88 bits per heavy atom. The third-order valence-corrected chi connectivity index (χ3v) is 3.68. The largest absolute Gasteiger partial charge is 0.356 e. The molecule has 0 heterocycles. The van der Waals surface area contributed by atoms with Crippen LogP contribution in [0.3, 0.4) is 0 Å². The highest BCUT2D eigenvalue weighted by atomic mass is 15.2. The van der Waals surface area contributed by atoms with Gasteiger partial charge in [-0.25, -0.2) is 0 Å². The topological polar surface area (TPSA) is 27.1 Å². The van der Waals surface area contributed by atoms with Crippen LogP contribution < -0.4 is 0 Å². The molecule has 0 aliphatic heterocycles. The van der Waals surface area contributed by atoms with E-state index in [1.807, 2.05) is 6.07 Å². The minimum absolute atomic E-state index is 0.513. The number of hydrogen-bond acceptors (Lipinski definition) is 1. The Kier molecular flexibility index (Phi) is 4.18. The Balaban J connectivity index is 1.98.